The highest BCUT2D eigenvalue weighted by molar-refractivity contribution is 5.99. The van der Waals surface area contributed by atoms with Crippen LogP contribution in [0, 0.1) is 5.92 Å². The average molecular weight is 1240 g/mol. The van der Waals surface area contributed by atoms with E-state index in [4.69, 9.17) is 17.2 Å². The van der Waals surface area contributed by atoms with Crippen LogP contribution in [-0.2, 0) is 67.2 Å². The second-order valence-corrected chi connectivity index (χ2v) is 22.4. The number of H-pyrrole nitrogens is 1. The SMILES string of the molecule is CN=C(N)NCCC[C@H](NC(=O)[C@H](CC(C)C)NC(=O)NNC(=O)[C@H](Cc1ccccc1)NC(=O)[C@@H]1C[C@@H](O)CN1C(=O)[C@H](CC(N)=O)NC(=O)[C@@H]1C[C@@H](O)CN1C(=O)[C@@H](Cc1ccc(O)cc1)NC(C)=O)C(=O)N[C@@H](Cc1c[nH]c2ccccc12)C(N)=O. The topological polar surface area (TPSA) is 469 Å². The van der Waals surface area contributed by atoms with Gasteiger partial charge in [-0.2, -0.15) is 0 Å². The van der Waals surface area contributed by atoms with E-state index < -0.39 is 139 Å². The van der Waals surface area contributed by atoms with Gasteiger partial charge in [0.2, 0.25) is 53.2 Å². The van der Waals surface area contributed by atoms with Crippen molar-refractivity contribution < 1.29 is 68.1 Å². The summed E-state index contributed by atoms with van der Waals surface area (Å²) in [6, 6.07) is 9.16. The molecule has 6 rings (SSSR count). The van der Waals surface area contributed by atoms with E-state index in [1.807, 2.05) is 24.3 Å². The first kappa shape index (κ1) is 68.3. The van der Waals surface area contributed by atoms with Crippen molar-refractivity contribution in [3.63, 3.8) is 0 Å². The maximum Gasteiger partial charge on any atom is 0.334 e. The number of aromatic hydroxyl groups is 1. The van der Waals surface area contributed by atoms with Gasteiger partial charge in [0.1, 0.15) is 54.1 Å². The Balaban J connectivity index is 1.13. The number of carbonyl (C=O) groups is 11. The molecule has 12 amide bonds. The Bertz CT molecular complexity index is 3220. The van der Waals surface area contributed by atoms with Gasteiger partial charge >= 0.3 is 6.03 Å². The minimum atomic E-state index is -1.78. The van der Waals surface area contributed by atoms with Crippen molar-refractivity contribution in [2.75, 3.05) is 26.7 Å². The van der Waals surface area contributed by atoms with Crippen molar-refractivity contribution in [2.45, 2.75) is 139 Å². The van der Waals surface area contributed by atoms with Crippen LogP contribution in [0.2, 0.25) is 0 Å². The highest BCUT2D eigenvalue weighted by atomic mass is 16.3. The second kappa shape index (κ2) is 32.2. The Morgan fingerprint density at radius 2 is 1.19 bits per heavy atom. The highest BCUT2D eigenvalue weighted by Crippen LogP contribution is 2.25. The number of nitrogens with zero attached hydrogens (tertiary/aromatic N) is 3. The van der Waals surface area contributed by atoms with Gasteiger partial charge in [0.05, 0.1) is 18.6 Å². The normalized spacial score (nSPS) is 18.5. The molecule has 30 nitrogen and oxygen atoms in total. The Morgan fingerprint density at radius 3 is 1.79 bits per heavy atom. The zero-order valence-electron chi connectivity index (χ0n) is 49.8. The number of para-hydroxylation sites is 1. The largest absolute Gasteiger partial charge is 0.508 e. The first-order chi connectivity index (χ1) is 42.3. The van der Waals surface area contributed by atoms with Crippen LogP contribution >= 0.6 is 0 Å². The monoisotopic (exact) mass is 1240 g/mol. The fourth-order valence-electron chi connectivity index (χ4n) is 10.6. The molecule has 3 aromatic carbocycles. The smallest absolute Gasteiger partial charge is 0.334 e. The number of likely N-dealkylation sites (tertiary alicyclic amines) is 2. The van der Waals surface area contributed by atoms with Crippen LogP contribution in [0.4, 0.5) is 4.79 Å². The van der Waals surface area contributed by atoms with Gasteiger partial charge in [-0.3, -0.25) is 58.4 Å². The second-order valence-electron chi connectivity index (χ2n) is 22.4. The van der Waals surface area contributed by atoms with Gasteiger partial charge in [-0.05, 0) is 60.1 Å². The number of aromatic amines is 1. The zero-order valence-corrected chi connectivity index (χ0v) is 49.8. The average Bonchev–Trinajstić information content (AvgIpc) is 2.54. The molecule has 0 radical (unpaired) electrons. The number of fused-ring (bicyclic) bond motifs is 1. The summed E-state index contributed by atoms with van der Waals surface area (Å²) in [6.45, 7) is 4.13. The molecule has 4 aromatic rings. The number of carbonyl (C=O) groups excluding carboxylic acids is 11. The summed E-state index contributed by atoms with van der Waals surface area (Å²) < 4.78 is 0. The number of amides is 12. The molecule has 0 aliphatic carbocycles. The van der Waals surface area contributed by atoms with Crippen LogP contribution < -0.4 is 65.3 Å². The van der Waals surface area contributed by atoms with Crippen LogP contribution in [0.25, 0.3) is 10.9 Å². The summed E-state index contributed by atoms with van der Waals surface area (Å²) >= 11 is 0. The third kappa shape index (κ3) is 20.1. The summed E-state index contributed by atoms with van der Waals surface area (Å²) in [5.41, 5.74) is 24.2. The molecule has 1 aromatic heterocycles. The molecule has 2 aliphatic heterocycles. The Morgan fingerprint density at radius 1 is 0.629 bits per heavy atom. The van der Waals surface area contributed by atoms with E-state index >= 15 is 0 Å². The number of β-amino-alcohol motifs (C(OH)–C–C–N with tert-alkyl or cyclic N) is 2. The number of phenols is 1. The Labute approximate surface area is 512 Å². The van der Waals surface area contributed by atoms with E-state index in [9.17, 15) is 68.1 Å². The number of aromatic nitrogens is 1. The molecule has 0 saturated carbocycles. The van der Waals surface area contributed by atoms with Crippen LogP contribution in [0.1, 0.15) is 76.0 Å². The quantitative estimate of drug-likeness (QED) is 0.0115. The van der Waals surface area contributed by atoms with E-state index in [1.54, 1.807) is 50.4 Å². The predicted molar refractivity (Wildman–Crippen MR) is 322 cm³/mol. The summed E-state index contributed by atoms with van der Waals surface area (Å²) in [4.78, 5) is 159. The fraction of sp³-hybridized carbons (Fsp3) is 0.458. The van der Waals surface area contributed by atoms with Gasteiger partial charge in [-0.25, -0.2) is 10.2 Å². The lowest BCUT2D eigenvalue weighted by molar-refractivity contribution is -0.145. The van der Waals surface area contributed by atoms with E-state index in [1.165, 1.54) is 38.2 Å². The number of hydrazine groups is 1. The maximum atomic E-state index is 14.5. The van der Waals surface area contributed by atoms with E-state index in [2.05, 4.69) is 58.0 Å². The number of nitrogens with two attached hydrogens (primary N) is 3. The van der Waals surface area contributed by atoms with Crippen molar-refractivity contribution in [1.29, 1.82) is 0 Å². The van der Waals surface area contributed by atoms with Gasteiger partial charge in [-0.1, -0.05) is 74.5 Å². The number of aliphatic hydroxyl groups excluding tert-OH is 2. The number of aliphatic imine (C=N–C) groups is 1. The van der Waals surface area contributed by atoms with Crippen molar-refractivity contribution >= 4 is 82.0 Å². The molecule has 2 saturated heterocycles. The van der Waals surface area contributed by atoms with Crippen LogP contribution in [0.15, 0.2) is 90.1 Å². The van der Waals surface area contributed by atoms with Crippen LogP contribution in [0.5, 0.6) is 5.75 Å². The summed E-state index contributed by atoms with van der Waals surface area (Å²) in [7, 11) is 1.48. The van der Waals surface area contributed by atoms with Crippen molar-refractivity contribution in [1.82, 2.24) is 62.9 Å². The minimum absolute atomic E-state index is 0.0182. The first-order valence-corrected chi connectivity index (χ1v) is 29.0. The number of guanidine groups is 1. The van der Waals surface area contributed by atoms with E-state index in [0.717, 1.165) is 20.7 Å². The number of phenolic OH excluding ortho intramolecular Hbond substituents is 1. The molecule has 2 fully saturated rings. The third-order valence-corrected chi connectivity index (χ3v) is 15.0. The van der Waals surface area contributed by atoms with Crippen LogP contribution in [-0.4, -0.2) is 188 Å². The molecule has 89 heavy (non-hydrogen) atoms. The molecular weight excluding hydrogens is 1160 g/mol. The third-order valence-electron chi connectivity index (χ3n) is 15.0. The van der Waals surface area contributed by atoms with Crippen LogP contribution in [0.3, 0.4) is 0 Å². The Hall–Kier alpha value is -9.84. The maximum absolute atomic E-state index is 14.5. The number of hydrogen-bond acceptors (Lipinski definition) is 15. The zero-order chi connectivity index (χ0) is 65.1. The minimum Gasteiger partial charge on any atom is -0.508 e. The molecule has 0 spiro atoms. The molecule has 10 atom stereocenters. The summed E-state index contributed by atoms with van der Waals surface area (Å²) in [6.07, 6.45) is -2.30. The summed E-state index contributed by atoms with van der Waals surface area (Å²) in [5, 5.41) is 50.6. The number of benzene rings is 3. The Kier molecular flexibility index (Phi) is 24.7. The number of urea groups is 1. The van der Waals surface area contributed by atoms with Crippen molar-refractivity contribution in [3.8, 4) is 5.75 Å². The number of nitrogens with one attached hydrogen (secondary N) is 10. The van der Waals surface area contributed by atoms with Crippen molar-refractivity contribution in [2.24, 2.45) is 28.1 Å². The number of primary amides is 2. The molecule has 0 unspecified atom stereocenters. The molecular formula is C59H80N16O14. The lowest BCUT2D eigenvalue weighted by Crippen LogP contribution is -2.61. The lowest BCUT2D eigenvalue weighted by atomic mass is 10.0. The van der Waals surface area contributed by atoms with E-state index in [0.29, 0.717) is 16.7 Å². The fourth-order valence-corrected chi connectivity index (χ4v) is 10.6. The molecule has 2 aliphatic rings. The predicted octanol–water partition coefficient (Wildman–Crippen LogP) is -3.31. The number of hydrogen-bond donors (Lipinski definition) is 16. The molecule has 30 heteroatoms. The molecule has 3 heterocycles. The van der Waals surface area contributed by atoms with E-state index in [-0.39, 0.29) is 82.1 Å². The van der Waals surface area contributed by atoms with Gasteiger partial charge in [0, 0.05) is 82.8 Å². The molecule has 480 valence electrons. The number of rotatable bonds is 28. The summed E-state index contributed by atoms with van der Waals surface area (Å²) in [5.74, 6) is -8.94. The van der Waals surface area contributed by atoms with Gasteiger partial charge < -0.3 is 84.5 Å². The van der Waals surface area contributed by atoms with Gasteiger partial charge in [-0.15, -0.1) is 0 Å². The van der Waals surface area contributed by atoms with Gasteiger partial charge in [0.15, 0.2) is 5.96 Å². The van der Waals surface area contributed by atoms with Crippen molar-refractivity contribution in [3.05, 3.63) is 102 Å². The highest BCUT2D eigenvalue weighted by Gasteiger charge is 2.46. The molecule has 19 N–H and O–H groups in total. The standard InChI is InChI=1S/C59H80N16O14/c1-31(2)21-43(52(83)67-41(15-10-20-64-58(62)63-4)51(82)68-42(50(61)81)24-35-28-65-40-14-9-8-13-39(35)40)71-59(89)73-72-53(84)44(22-33-11-6-5-7-12-33)69-54(85)47-25-37(78)30-75(47)57(88)46(27-49(60)80)70-55(86)48-26-38(79)29-74(48)56(87)45(66-32(3)76)23-34-16-18-36(77)19-17-34/h5-9,11-14,16-19,28,31,37-38,41-48,65,77-79H,10,15,20-27,29-30H2,1-4H3,(H2,60,80)(H2,61,81)(H,66,76)(H,67,83)(H,68,82)(H,69,85)(H,70,86)(H,72,84)(H3,62,63,64)(H2,71,73,89)/t37-,38-,41+,42+,43+,44+,45-,46+,47+,48+/m1/s1. The van der Waals surface area contributed by atoms with Gasteiger partial charge in [0.25, 0.3) is 5.91 Å². The number of aliphatic hydroxyl groups is 2. The molecule has 0 bridgehead atoms. The lowest BCUT2D eigenvalue weighted by Gasteiger charge is -2.31. The first-order valence-electron chi connectivity index (χ1n) is 29.0.